The number of hydrogen-bond acceptors (Lipinski definition) is 5. The van der Waals surface area contributed by atoms with Crippen LogP contribution in [-0.2, 0) is 13.1 Å². The lowest BCUT2D eigenvalue weighted by Crippen LogP contribution is -2.48. The minimum Gasteiger partial charge on any atom is -0.336 e. The number of amides is 1. The smallest absolute Gasteiger partial charge is 0.253 e. The highest BCUT2D eigenvalue weighted by atomic mass is 35.5. The highest BCUT2D eigenvalue weighted by molar-refractivity contribution is 6.30. The summed E-state index contributed by atoms with van der Waals surface area (Å²) in [6, 6.07) is 15.5. The molecule has 7 nitrogen and oxygen atoms in total. The number of nitrogens with zero attached hydrogens (tertiary/aromatic N) is 6. The fourth-order valence-corrected chi connectivity index (χ4v) is 3.68. The third kappa shape index (κ3) is 4.46. The number of hydrogen-bond donors (Lipinski definition) is 0. The molecule has 0 aliphatic carbocycles. The van der Waals surface area contributed by atoms with Crippen molar-refractivity contribution in [1.29, 1.82) is 0 Å². The van der Waals surface area contributed by atoms with Gasteiger partial charge in [0.2, 0.25) is 0 Å². The Balaban J connectivity index is 1.39. The average molecular weight is 411 g/mol. The molecule has 0 N–H and O–H groups in total. The third-order valence-corrected chi connectivity index (χ3v) is 5.43. The molecule has 2 aromatic carbocycles. The molecule has 1 amide bonds. The van der Waals surface area contributed by atoms with Crippen LogP contribution in [-0.4, -0.2) is 62.1 Å². The van der Waals surface area contributed by atoms with Gasteiger partial charge in [-0.05, 0) is 47.2 Å². The number of rotatable bonds is 5. The van der Waals surface area contributed by atoms with Crippen LogP contribution in [0.15, 0.2) is 48.5 Å². The molecule has 1 aliphatic rings. The Hall–Kier alpha value is -2.77. The summed E-state index contributed by atoms with van der Waals surface area (Å²) in [4.78, 5) is 17.3. The van der Waals surface area contributed by atoms with Gasteiger partial charge in [-0.25, -0.2) is 4.68 Å². The summed E-state index contributed by atoms with van der Waals surface area (Å²) in [5, 5.41) is 12.5. The first kappa shape index (κ1) is 19.5. The molecule has 1 fully saturated rings. The highest BCUT2D eigenvalue weighted by Crippen LogP contribution is 2.19. The van der Waals surface area contributed by atoms with E-state index in [9.17, 15) is 4.79 Å². The Morgan fingerprint density at radius 1 is 1.07 bits per heavy atom. The van der Waals surface area contributed by atoms with Crippen LogP contribution in [0.3, 0.4) is 0 Å². The number of tetrazole rings is 1. The Bertz CT molecular complexity index is 979. The summed E-state index contributed by atoms with van der Waals surface area (Å²) in [6.07, 6.45) is 0. The molecule has 150 valence electrons. The predicted molar refractivity (Wildman–Crippen MR) is 112 cm³/mol. The van der Waals surface area contributed by atoms with E-state index in [4.69, 9.17) is 11.6 Å². The Morgan fingerprint density at radius 3 is 2.55 bits per heavy atom. The van der Waals surface area contributed by atoms with Gasteiger partial charge >= 0.3 is 0 Å². The van der Waals surface area contributed by atoms with Crippen LogP contribution in [0.4, 0.5) is 0 Å². The molecule has 0 spiro atoms. The van der Waals surface area contributed by atoms with Gasteiger partial charge in [0.1, 0.15) is 0 Å². The number of aryl methyl sites for hydroxylation is 1. The molecule has 1 aromatic heterocycles. The van der Waals surface area contributed by atoms with E-state index < -0.39 is 0 Å². The molecule has 0 unspecified atom stereocenters. The molecule has 8 heteroatoms. The van der Waals surface area contributed by atoms with Gasteiger partial charge in [0.05, 0.1) is 0 Å². The van der Waals surface area contributed by atoms with E-state index in [0.717, 1.165) is 30.2 Å². The van der Waals surface area contributed by atoms with Crippen molar-refractivity contribution in [2.45, 2.75) is 20.0 Å². The van der Waals surface area contributed by atoms with E-state index >= 15 is 0 Å². The van der Waals surface area contributed by atoms with Crippen molar-refractivity contribution < 1.29 is 4.79 Å². The van der Waals surface area contributed by atoms with Crippen molar-refractivity contribution in [1.82, 2.24) is 30.0 Å². The Kier molecular flexibility index (Phi) is 5.87. The van der Waals surface area contributed by atoms with Crippen LogP contribution < -0.4 is 0 Å². The SMILES string of the molecule is CCn1nnnc1-c1cccc(C(=O)N2CCN(Cc3ccc(Cl)cc3)CC2)c1. The van der Waals surface area contributed by atoms with E-state index in [2.05, 4.69) is 32.6 Å². The molecule has 0 bridgehead atoms. The van der Waals surface area contributed by atoms with Gasteiger partial charge in [0, 0.05) is 55.4 Å². The van der Waals surface area contributed by atoms with E-state index in [1.807, 2.05) is 48.2 Å². The Labute approximate surface area is 174 Å². The van der Waals surface area contributed by atoms with Crippen LogP contribution in [0.1, 0.15) is 22.8 Å². The maximum Gasteiger partial charge on any atom is 0.253 e. The predicted octanol–water partition coefficient (Wildman–Crippen LogP) is 2.97. The van der Waals surface area contributed by atoms with Crippen LogP contribution in [0, 0.1) is 0 Å². The summed E-state index contributed by atoms with van der Waals surface area (Å²) < 4.78 is 1.72. The molecule has 0 atom stereocenters. The largest absolute Gasteiger partial charge is 0.336 e. The standard InChI is InChI=1S/C21H23ClN6O/c1-2-28-20(23-24-25-28)17-4-3-5-18(14-17)21(29)27-12-10-26(11-13-27)15-16-6-8-19(22)9-7-16/h3-9,14H,2,10-13,15H2,1H3. The van der Waals surface area contributed by atoms with Gasteiger partial charge in [0.25, 0.3) is 5.91 Å². The van der Waals surface area contributed by atoms with Crippen LogP contribution in [0.2, 0.25) is 5.02 Å². The van der Waals surface area contributed by atoms with Gasteiger partial charge in [-0.2, -0.15) is 0 Å². The maximum atomic E-state index is 13.0. The monoisotopic (exact) mass is 410 g/mol. The summed E-state index contributed by atoms with van der Waals surface area (Å²) in [5.74, 6) is 0.725. The van der Waals surface area contributed by atoms with Crippen molar-refractivity contribution in [2.75, 3.05) is 26.2 Å². The lowest BCUT2D eigenvalue weighted by molar-refractivity contribution is 0.0628. The summed E-state index contributed by atoms with van der Waals surface area (Å²) in [6.45, 7) is 6.65. The van der Waals surface area contributed by atoms with Gasteiger partial charge in [-0.15, -0.1) is 5.10 Å². The first-order chi connectivity index (χ1) is 14.1. The number of carbonyl (C=O) groups is 1. The van der Waals surface area contributed by atoms with Gasteiger partial charge in [-0.3, -0.25) is 9.69 Å². The van der Waals surface area contributed by atoms with Crippen molar-refractivity contribution in [3.63, 3.8) is 0 Å². The lowest BCUT2D eigenvalue weighted by atomic mass is 10.1. The fraction of sp³-hybridized carbons (Fsp3) is 0.333. The lowest BCUT2D eigenvalue weighted by Gasteiger charge is -2.34. The summed E-state index contributed by atoms with van der Waals surface area (Å²) in [7, 11) is 0. The molecular formula is C21H23ClN6O. The topological polar surface area (TPSA) is 67.2 Å². The normalized spacial score (nSPS) is 14.9. The zero-order chi connectivity index (χ0) is 20.2. The number of halogens is 1. The van der Waals surface area contributed by atoms with Gasteiger partial charge in [-0.1, -0.05) is 35.9 Å². The first-order valence-electron chi connectivity index (χ1n) is 9.76. The van der Waals surface area contributed by atoms with Crippen molar-refractivity contribution in [2.24, 2.45) is 0 Å². The minimum atomic E-state index is 0.0496. The second-order valence-electron chi connectivity index (χ2n) is 7.09. The number of piperazine rings is 1. The molecular weight excluding hydrogens is 388 g/mol. The van der Waals surface area contributed by atoms with Crippen molar-refractivity contribution in [3.8, 4) is 11.4 Å². The number of benzene rings is 2. The van der Waals surface area contributed by atoms with Gasteiger partial charge in [0.15, 0.2) is 5.82 Å². The molecule has 4 rings (SSSR count). The molecule has 1 aliphatic heterocycles. The third-order valence-electron chi connectivity index (χ3n) is 5.18. The van der Waals surface area contributed by atoms with Crippen LogP contribution >= 0.6 is 11.6 Å². The van der Waals surface area contributed by atoms with E-state index in [-0.39, 0.29) is 5.91 Å². The molecule has 2 heterocycles. The van der Waals surface area contributed by atoms with Gasteiger partial charge < -0.3 is 4.90 Å². The quantitative estimate of drug-likeness (QED) is 0.646. The second kappa shape index (κ2) is 8.71. The number of aromatic nitrogens is 4. The average Bonchev–Trinajstić information content (AvgIpc) is 3.24. The number of carbonyl (C=O) groups excluding carboxylic acids is 1. The van der Waals surface area contributed by atoms with Crippen LogP contribution in [0.5, 0.6) is 0 Å². The van der Waals surface area contributed by atoms with Crippen molar-refractivity contribution in [3.05, 3.63) is 64.7 Å². The Morgan fingerprint density at radius 2 is 1.83 bits per heavy atom. The maximum absolute atomic E-state index is 13.0. The molecule has 1 saturated heterocycles. The second-order valence-corrected chi connectivity index (χ2v) is 7.53. The molecule has 29 heavy (non-hydrogen) atoms. The van der Waals surface area contributed by atoms with Crippen LogP contribution in [0.25, 0.3) is 11.4 Å². The zero-order valence-electron chi connectivity index (χ0n) is 16.3. The highest BCUT2D eigenvalue weighted by Gasteiger charge is 2.23. The molecule has 0 radical (unpaired) electrons. The first-order valence-corrected chi connectivity index (χ1v) is 10.1. The zero-order valence-corrected chi connectivity index (χ0v) is 17.1. The summed E-state index contributed by atoms with van der Waals surface area (Å²) >= 11 is 5.96. The summed E-state index contributed by atoms with van der Waals surface area (Å²) in [5.41, 5.74) is 2.75. The van der Waals surface area contributed by atoms with E-state index in [1.54, 1.807) is 4.68 Å². The minimum absolute atomic E-state index is 0.0496. The fourth-order valence-electron chi connectivity index (χ4n) is 3.56. The van der Waals surface area contributed by atoms with E-state index in [0.29, 0.717) is 31.0 Å². The van der Waals surface area contributed by atoms with E-state index in [1.165, 1.54) is 5.56 Å². The molecule has 0 saturated carbocycles. The molecule has 3 aromatic rings. The van der Waals surface area contributed by atoms with Crippen molar-refractivity contribution >= 4 is 17.5 Å².